The molecule has 0 aliphatic rings. The van der Waals surface area contributed by atoms with Crippen molar-refractivity contribution in [1.29, 1.82) is 0 Å². The minimum atomic E-state index is -0.228. The predicted molar refractivity (Wildman–Crippen MR) is 83.7 cm³/mol. The van der Waals surface area contributed by atoms with Crippen molar-refractivity contribution in [3.63, 3.8) is 0 Å². The van der Waals surface area contributed by atoms with Crippen LogP contribution in [0.1, 0.15) is 18.9 Å². The van der Waals surface area contributed by atoms with E-state index in [-0.39, 0.29) is 5.82 Å². The number of anilines is 1. The van der Waals surface area contributed by atoms with Crippen LogP contribution < -0.4 is 10.1 Å². The molecule has 0 aromatic heterocycles. The van der Waals surface area contributed by atoms with Crippen molar-refractivity contribution in [1.82, 2.24) is 0 Å². The molecule has 0 heterocycles. The summed E-state index contributed by atoms with van der Waals surface area (Å²) in [6, 6.07) is 12.4. The Morgan fingerprint density at radius 2 is 1.90 bits per heavy atom. The third-order valence-corrected chi connectivity index (χ3v) is 3.59. The average Bonchev–Trinajstić information content (AvgIpc) is 2.47. The number of hydrogen-bond donors (Lipinski definition) is 1. The minimum Gasteiger partial charge on any atom is -0.494 e. The van der Waals surface area contributed by atoms with Gasteiger partial charge in [0.05, 0.1) is 6.61 Å². The maximum absolute atomic E-state index is 13.2. The van der Waals surface area contributed by atoms with Crippen LogP contribution in [-0.4, -0.2) is 6.61 Å². The van der Waals surface area contributed by atoms with Crippen molar-refractivity contribution < 1.29 is 9.13 Å². The van der Waals surface area contributed by atoms with Gasteiger partial charge in [-0.05, 0) is 54.4 Å². The van der Waals surface area contributed by atoms with Crippen molar-refractivity contribution in [3.8, 4) is 5.75 Å². The molecule has 0 saturated heterocycles. The highest BCUT2D eigenvalue weighted by atomic mass is 79.9. The second-order valence-electron chi connectivity index (χ2n) is 4.46. The molecule has 20 heavy (non-hydrogen) atoms. The molecule has 0 spiro atoms. The number of halogens is 2. The van der Waals surface area contributed by atoms with Gasteiger partial charge in [-0.3, -0.25) is 0 Å². The first-order valence-corrected chi connectivity index (χ1v) is 7.39. The Morgan fingerprint density at radius 1 is 1.15 bits per heavy atom. The summed E-state index contributed by atoms with van der Waals surface area (Å²) in [6.45, 7) is 3.36. The van der Waals surface area contributed by atoms with Crippen molar-refractivity contribution in [2.45, 2.75) is 19.9 Å². The van der Waals surface area contributed by atoms with Crippen LogP contribution in [-0.2, 0) is 6.54 Å². The van der Waals surface area contributed by atoms with Gasteiger partial charge in [0.15, 0.2) is 0 Å². The molecule has 2 aromatic rings. The fourth-order valence-corrected chi connectivity index (χ4v) is 2.15. The fourth-order valence-electron chi connectivity index (χ4n) is 1.76. The largest absolute Gasteiger partial charge is 0.494 e. The number of nitrogens with one attached hydrogen (secondary N) is 1. The second-order valence-corrected chi connectivity index (χ2v) is 5.32. The highest BCUT2D eigenvalue weighted by Crippen LogP contribution is 2.20. The lowest BCUT2D eigenvalue weighted by atomic mass is 10.2. The van der Waals surface area contributed by atoms with Crippen LogP contribution in [0.5, 0.6) is 5.75 Å². The molecule has 2 rings (SSSR count). The topological polar surface area (TPSA) is 21.3 Å². The van der Waals surface area contributed by atoms with Crippen molar-refractivity contribution in [2.75, 3.05) is 11.9 Å². The standard InChI is InChI=1S/C16H17BrFNO/c1-2-9-20-15-6-4-14(5-7-15)19-11-12-10-13(18)3-8-16(12)17/h3-8,10,19H,2,9,11H2,1H3. The fraction of sp³-hybridized carbons (Fsp3) is 0.250. The number of hydrogen-bond acceptors (Lipinski definition) is 2. The zero-order chi connectivity index (χ0) is 14.4. The third-order valence-electron chi connectivity index (χ3n) is 2.82. The Morgan fingerprint density at radius 3 is 2.60 bits per heavy atom. The van der Waals surface area contributed by atoms with E-state index < -0.39 is 0 Å². The molecule has 0 atom stereocenters. The molecule has 0 radical (unpaired) electrons. The summed E-state index contributed by atoms with van der Waals surface area (Å²) < 4.78 is 19.6. The molecule has 0 saturated carbocycles. The molecule has 4 heteroatoms. The van der Waals surface area contributed by atoms with E-state index in [0.29, 0.717) is 6.54 Å². The lowest BCUT2D eigenvalue weighted by Crippen LogP contribution is -2.01. The van der Waals surface area contributed by atoms with Crippen molar-refractivity contribution >= 4 is 21.6 Å². The van der Waals surface area contributed by atoms with Crippen LogP contribution in [0.3, 0.4) is 0 Å². The Balaban J connectivity index is 1.95. The van der Waals surface area contributed by atoms with Gasteiger partial charge in [-0.25, -0.2) is 4.39 Å². The maximum atomic E-state index is 13.2. The predicted octanol–water partition coefficient (Wildman–Crippen LogP) is 4.99. The molecule has 2 nitrogen and oxygen atoms in total. The molecule has 0 fully saturated rings. The summed E-state index contributed by atoms with van der Waals surface area (Å²) in [7, 11) is 0. The van der Waals surface area contributed by atoms with Crippen molar-refractivity contribution in [2.24, 2.45) is 0 Å². The van der Waals surface area contributed by atoms with Gasteiger partial charge < -0.3 is 10.1 Å². The van der Waals surface area contributed by atoms with E-state index >= 15 is 0 Å². The lowest BCUT2D eigenvalue weighted by Gasteiger charge is -2.10. The van der Waals surface area contributed by atoms with Gasteiger partial charge in [0, 0.05) is 16.7 Å². The first-order chi connectivity index (χ1) is 9.69. The van der Waals surface area contributed by atoms with E-state index in [1.165, 1.54) is 12.1 Å². The monoisotopic (exact) mass is 337 g/mol. The van der Waals surface area contributed by atoms with Gasteiger partial charge in [0.2, 0.25) is 0 Å². The van der Waals surface area contributed by atoms with E-state index in [2.05, 4.69) is 28.2 Å². The van der Waals surface area contributed by atoms with Gasteiger partial charge in [-0.2, -0.15) is 0 Å². The maximum Gasteiger partial charge on any atom is 0.123 e. The molecule has 0 unspecified atom stereocenters. The van der Waals surface area contributed by atoms with Crippen LogP contribution in [0, 0.1) is 5.82 Å². The molecule has 106 valence electrons. The van der Waals surface area contributed by atoms with Crippen LogP contribution in [0.15, 0.2) is 46.9 Å². The first-order valence-electron chi connectivity index (χ1n) is 6.59. The van der Waals surface area contributed by atoms with Gasteiger partial charge >= 0.3 is 0 Å². The third kappa shape index (κ3) is 4.23. The quantitative estimate of drug-likeness (QED) is 0.801. The Labute approximate surface area is 127 Å². The van der Waals surface area contributed by atoms with E-state index in [1.807, 2.05) is 24.3 Å². The van der Waals surface area contributed by atoms with Crippen LogP contribution in [0.25, 0.3) is 0 Å². The number of benzene rings is 2. The summed E-state index contributed by atoms with van der Waals surface area (Å²) in [5, 5.41) is 3.26. The zero-order valence-electron chi connectivity index (χ0n) is 11.3. The van der Waals surface area contributed by atoms with Crippen LogP contribution in [0.4, 0.5) is 10.1 Å². The van der Waals surface area contributed by atoms with Crippen LogP contribution in [0.2, 0.25) is 0 Å². The molecule has 2 aromatic carbocycles. The molecule has 0 aliphatic carbocycles. The normalized spacial score (nSPS) is 10.3. The zero-order valence-corrected chi connectivity index (χ0v) is 12.9. The van der Waals surface area contributed by atoms with Gasteiger partial charge in [0.1, 0.15) is 11.6 Å². The van der Waals surface area contributed by atoms with E-state index in [0.717, 1.165) is 34.5 Å². The van der Waals surface area contributed by atoms with E-state index in [1.54, 1.807) is 6.07 Å². The summed E-state index contributed by atoms with van der Waals surface area (Å²) >= 11 is 3.42. The summed E-state index contributed by atoms with van der Waals surface area (Å²) in [6.07, 6.45) is 0.994. The number of rotatable bonds is 6. The highest BCUT2D eigenvalue weighted by Gasteiger charge is 2.02. The molecule has 0 amide bonds. The first kappa shape index (κ1) is 14.9. The van der Waals surface area contributed by atoms with E-state index in [4.69, 9.17) is 4.74 Å². The average molecular weight is 338 g/mol. The van der Waals surface area contributed by atoms with Gasteiger partial charge in [0.25, 0.3) is 0 Å². The minimum absolute atomic E-state index is 0.228. The smallest absolute Gasteiger partial charge is 0.123 e. The van der Waals surface area contributed by atoms with Gasteiger partial charge in [-0.15, -0.1) is 0 Å². The molecule has 0 bridgehead atoms. The number of ether oxygens (including phenoxy) is 1. The Hall–Kier alpha value is -1.55. The molecule has 1 N–H and O–H groups in total. The Kier molecular flexibility index (Phi) is 5.41. The lowest BCUT2D eigenvalue weighted by molar-refractivity contribution is 0.317. The second kappa shape index (κ2) is 7.29. The van der Waals surface area contributed by atoms with Crippen molar-refractivity contribution in [3.05, 3.63) is 58.3 Å². The summed E-state index contributed by atoms with van der Waals surface area (Å²) in [5.74, 6) is 0.637. The SMILES string of the molecule is CCCOc1ccc(NCc2cc(F)ccc2Br)cc1. The summed E-state index contributed by atoms with van der Waals surface area (Å²) in [5.41, 5.74) is 1.86. The Bertz CT molecular complexity index is 557. The molecular weight excluding hydrogens is 321 g/mol. The summed E-state index contributed by atoms with van der Waals surface area (Å²) in [4.78, 5) is 0. The molecular formula is C16H17BrFNO. The molecule has 0 aliphatic heterocycles. The highest BCUT2D eigenvalue weighted by molar-refractivity contribution is 9.10. The van der Waals surface area contributed by atoms with Crippen LogP contribution >= 0.6 is 15.9 Å². The van der Waals surface area contributed by atoms with Gasteiger partial charge in [-0.1, -0.05) is 22.9 Å². The van der Waals surface area contributed by atoms with E-state index in [9.17, 15) is 4.39 Å².